The lowest BCUT2D eigenvalue weighted by atomic mass is 10.1. The molecule has 2 nitrogen and oxygen atoms in total. The van der Waals surface area contributed by atoms with Gasteiger partial charge >= 0.3 is 0 Å². The number of hydrogen-bond donors (Lipinski definition) is 1. The van der Waals surface area contributed by atoms with E-state index in [1.54, 1.807) is 18.0 Å². The lowest BCUT2D eigenvalue weighted by molar-refractivity contribution is 0.527. The van der Waals surface area contributed by atoms with E-state index in [0.29, 0.717) is 0 Å². The highest BCUT2D eigenvalue weighted by Crippen LogP contribution is 2.36. The molecule has 1 aromatic heterocycles. The molecule has 0 amide bonds. The van der Waals surface area contributed by atoms with Crippen LogP contribution >= 0.6 is 23.4 Å². The quantitative estimate of drug-likeness (QED) is 0.871. The first kappa shape index (κ1) is 14.5. The second-order valence-electron chi connectivity index (χ2n) is 4.58. The maximum absolute atomic E-state index is 6.33. The molecule has 1 heterocycles. The van der Waals surface area contributed by atoms with E-state index < -0.39 is 0 Å². The van der Waals surface area contributed by atoms with E-state index >= 15 is 0 Å². The van der Waals surface area contributed by atoms with Crippen LogP contribution in [0.4, 0.5) is 0 Å². The smallest absolute Gasteiger partial charge is 0.114 e. The standard InChI is InChI=1S/C15H18ClNOS/c1-3-12(17)8-11-4-5-15(13(16)9-11)19-14-6-7-18-10(14)2/h4-7,9,12H,3,8,17H2,1-2H3. The molecule has 2 aromatic rings. The van der Waals surface area contributed by atoms with Gasteiger partial charge < -0.3 is 10.2 Å². The minimum absolute atomic E-state index is 0.200. The minimum Gasteiger partial charge on any atom is -0.468 e. The molecule has 102 valence electrons. The second kappa shape index (κ2) is 6.51. The Kier molecular flexibility index (Phi) is 4.97. The fourth-order valence-electron chi connectivity index (χ4n) is 1.80. The van der Waals surface area contributed by atoms with Gasteiger partial charge in [0.25, 0.3) is 0 Å². The zero-order chi connectivity index (χ0) is 13.8. The molecule has 4 heteroatoms. The molecular formula is C15H18ClNOS. The monoisotopic (exact) mass is 295 g/mol. The van der Waals surface area contributed by atoms with Gasteiger partial charge in [-0.3, -0.25) is 0 Å². The largest absolute Gasteiger partial charge is 0.468 e. The molecule has 1 unspecified atom stereocenters. The Labute approximate surface area is 123 Å². The lowest BCUT2D eigenvalue weighted by Crippen LogP contribution is -2.21. The highest BCUT2D eigenvalue weighted by atomic mass is 35.5. The van der Waals surface area contributed by atoms with Crippen LogP contribution in [-0.4, -0.2) is 6.04 Å². The van der Waals surface area contributed by atoms with E-state index in [4.69, 9.17) is 21.8 Å². The molecule has 0 fully saturated rings. The van der Waals surface area contributed by atoms with Crippen molar-refractivity contribution in [2.24, 2.45) is 5.73 Å². The predicted molar refractivity (Wildman–Crippen MR) is 81.0 cm³/mol. The summed E-state index contributed by atoms with van der Waals surface area (Å²) >= 11 is 7.96. The average Bonchev–Trinajstić information content (AvgIpc) is 2.78. The van der Waals surface area contributed by atoms with Crippen LogP contribution in [0.25, 0.3) is 0 Å². The van der Waals surface area contributed by atoms with Crippen LogP contribution in [-0.2, 0) is 6.42 Å². The third-order valence-corrected chi connectivity index (χ3v) is 4.69. The van der Waals surface area contributed by atoms with E-state index in [0.717, 1.165) is 33.4 Å². The fraction of sp³-hybridized carbons (Fsp3) is 0.333. The third-order valence-electron chi connectivity index (χ3n) is 3.05. The summed E-state index contributed by atoms with van der Waals surface area (Å²) in [5, 5.41) is 0.770. The number of furan rings is 1. The molecule has 0 aliphatic rings. The highest BCUT2D eigenvalue weighted by molar-refractivity contribution is 7.99. The highest BCUT2D eigenvalue weighted by Gasteiger charge is 2.09. The summed E-state index contributed by atoms with van der Waals surface area (Å²) in [6.45, 7) is 4.04. The second-order valence-corrected chi connectivity index (χ2v) is 6.07. The molecule has 0 saturated carbocycles. The van der Waals surface area contributed by atoms with Crippen LogP contribution in [0.1, 0.15) is 24.7 Å². The van der Waals surface area contributed by atoms with E-state index in [9.17, 15) is 0 Å². The Balaban J connectivity index is 2.13. The summed E-state index contributed by atoms with van der Waals surface area (Å²) in [4.78, 5) is 2.14. The van der Waals surface area contributed by atoms with Crippen molar-refractivity contribution in [3.63, 3.8) is 0 Å². The number of nitrogens with two attached hydrogens (primary N) is 1. The van der Waals surface area contributed by atoms with Crippen LogP contribution in [0, 0.1) is 6.92 Å². The van der Waals surface area contributed by atoms with Crippen molar-refractivity contribution in [3.8, 4) is 0 Å². The number of halogens is 1. The Morgan fingerprint density at radius 1 is 1.32 bits per heavy atom. The van der Waals surface area contributed by atoms with Crippen molar-refractivity contribution >= 4 is 23.4 Å². The van der Waals surface area contributed by atoms with Gasteiger partial charge in [-0.1, -0.05) is 36.4 Å². The predicted octanol–water partition coefficient (Wildman–Crippen LogP) is 4.67. The molecule has 2 N–H and O–H groups in total. The molecule has 1 aromatic carbocycles. The zero-order valence-electron chi connectivity index (χ0n) is 11.2. The molecule has 0 aliphatic heterocycles. The van der Waals surface area contributed by atoms with Crippen molar-refractivity contribution < 1.29 is 4.42 Å². The van der Waals surface area contributed by atoms with Crippen LogP contribution in [0.5, 0.6) is 0 Å². The molecule has 0 aliphatic carbocycles. The van der Waals surface area contributed by atoms with Crippen LogP contribution in [0.15, 0.2) is 44.7 Å². The summed E-state index contributed by atoms with van der Waals surface area (Å²) in [5.41, 5.74) is 7.15. The lowest BCUT2D eigenvalue weighted by Gasteiger charge is -2.10. The molecular weight excluding hydrogens is 278 g/mol. The number of benzene rings is 1. The van der Waals surface area contributed by atoms with Crippen molar-refractivity contribution in [2.45, 2.75) is 42.5 Å². The van der Waals surface area contributed by atoms with Gasteiger partial charge in [-0.15, -0.1) is 0 Å². The minimum atomic E-state index is 0.200. The summed E-state index contributed by atoms with van der Waals surface area (Å²) in [6, 6.07) is 8.31. The Hall–Kier alpha value is -0.900. The van der Waals surface area contributed by atoms with E-state index in [2.05, 4.69) is 19.1 Å². The molecule has 0 spiro atoms. The summed E-state index contributed by atoms with van der Waals surface area (Å²) < 4.78 is 5.29. The maximum Gasteiger partial charge on any atom is 0.114 e. The van der Waals surface area contributed by atoms with E-state index in [1.807, 2.05) is 19.1 Å². The van der Waals surface area contributed by atoms with Crippen molar-refractivity contribution in [3.05, 3.63) is 46.9 Å². The average molecular weight is 296 g/mol. The van der Waals surface area contributed by atoms with Gasteiger partial charge in [-0.05, 0) is 43.5 Å². The number of hydrogen-bond acceptors (Lipinski definition) is 3. The first-order chi connectivity index (χ1) is 9.10. The summed E-state index contributed by atoms with van der Waals surface area (Å²) in [7, 11) is 0. The molecule has 0 radical (unpaired) electrons. The summed E-state index contributed by atoms with van der Waals surface area (Å²) in [6.07, 6.45) is 3.54. The van der Waals surface area contributed by atoms with Gasteiger partial charge in [-0.2, -0.15) is 0 Å². The number of rotatable bonds is 5. The Bertz CT molecular complexity index is 553. The van der Waals surface area contributed by atoms with Gasteiger partial charge in [-0.25, -0.2) is 0 Å². The first-order valence-corrected chi connectivity index (χ1v) is 7.55. The Morgan fingerprint density at radius 2 is 2.11 bits per heavy atom. The molecule has 1 atom stereocenters. The van der Waals surface area contributed by atoms with Gasteiger partial charge in [0.05, 0.1) is 16.2 Å². The third kappa shape index (κ3) is 3.78. The normalized spacial score (nSPS) is 12.6. The van der Waals surface area contributed by atoms with Crippen LogP contribution in [0.2, 0.25) is 5.02 Å². The van der Waals surface area contributed by atoms with Gasteiger partial charge in [0, 0.05) is 10.9 Å². The van der Waals surface area contributed by atoms with Crippen molar-refractivity contribution in [1.29, 1.82) is 0 Å². The maximum atomic E-state index is 6.33. The van der Waals surface area contributed by atoms with Gasteiger partial charge in [0.15, 0.2) is 0 Å². The fourth-order valence-corrected chi connectivity index (χ4v) is 2.96. The van der Waals surface area contributed by atoms with Gasteiger partial charge in [0.1, 0.15) is 5.76 Å². The topological polar surface area (TPSA) is 39.2 Å². The van der Waals surface area contributed by atoms with E-state index in [1.165, 1.54) is 5.56 Å². The Morgan fingerprint density at radius 3 is 2.68 bits per heavy atom. The van der Waals surface area contributed by atoms with Crippen LogP contribution in [0.3, 0.4) is 0 Å². The molecule has 0 bridgehead atoms. The van der Waals surface area contributed by atoms with Crippen LogP contribution < -0.4 is 5.73 Å². The molecule has 0 saturated heterocycles. The molecule has 2 rings (SSSR count). The van der Waals surface area contributed by atoms with Gasteiger partial charge in [0.2, 0.25) is 0 Å². The first-order valence-electron chi connectivity index (χ1n) is 6.36. The van der Waals surface area contributed by atoms with Crippen molar-refractivity contribution in [1.82, 2.24) is 0 Å². The van der Waals surface area contributed by atoms with E-state index in [-0.39, 0.29) is 6.04 Å². The van der Waals surface area contributed by atoms with Crippen molar-refractivity contribution in [2.75, 3.05) is 0 Å². The summed E-state index contributed by atoms with van der Waals surface area (Å²) in [5.74, 6) is 0.915. The zero-order valence-corrected chi connectivity index (χ0v) is 12.7. The molecule has 19 heavy (non-hydrogen) atoms. The number of aryl methyl sites for hydroxylation is 1. The SMILES string of the molecule is CCC(N)Cc1ccc(Sc2ccoc2C)c(Cl)c1.